The van der Waals surface area contributed by atoms with E-state index in [2.05, 4.69) is 6.07 Å². The van der Waals surface area contributed by atoms with Crippen molar-refractivity contribution in [1.29, 1.82) is 5.26 Å². The minimum atomic E-state index is -0.172. The predicted octanol–water partition coefficient (Wildman–Crippen LogP) is 1.68. The number of rotatable bonds is 2. The number of ether oxygens (including phenoxy) is 2. The minimum Gasteiger partial charge on any atom is -0.461 e. The summed E-state index contributed by atoms with van der Waals surface area (Å²) in [6.07, 6.45) is -0.0266. The van der Waals surface area contributed by atoms with Crippen LogP contribution in [0, 0.1) is 11.3 Å². The van der Waals surface area contributed by atoms with Crippen LogP contribution in [0.25, 0.3) is 0 Å². The topological polar surface area (TPSA) is 45.5 Å². The number of hydrogen-bond acceptors (Lipinski definition) is 3. The first-order valence-corrected chi connectivity index (χ1v) is 4.12. The van der Waals surface area contributed by atoms with Gasteiger partial charge in [-0.2, -0.15) is 5.26 Å². The van der Waals surface area contributed by atoms with E-state index in [0.29, 0.717) is 11.3 Å². The molecule has 0 spiro atoms. The second-order valence-electron chi connectivity index (χ2n) is 2.94. The molecule has 0 saturated carbocycles. The van der Waals surface area contributed by atoms with Crippen LogP contribution in [-0.4, -0.2) is 12.4 Å². The molecule has 66 valence electrons. The molecule has 1 aromatic carbocycles. The Morgan fingerprint density at radius 3 is 2.77 bits per heavy atom. The van der Waals surface area contributed by atoms with Gasteiger partial charge < -0.3 is 9.47 Å². The van der Waals surface area contributed by atoms with Gasteiger partial charge in [-0.25, -0.2) is 0 Å². The van der Waals surface area contributed by atoms with Crippen molar-refractivity contribution in [3.05, 3.63) is 29.8 Å². The molecule has 0 amide bonds. The van der Waals surface area contributed by atoms with Gasteiger partial charge in [0.25, 0.3) is 0 Å². The number of nitrogens with zero attached hydrogens (tertiary/aromatic N) is 1. The first-order valence-electron chi connectivity index (χ1n) is 4.12. The molecule has 0 bridgehead atoms. The summed E-state index contributed by atoms with van der Waals surface area (Å²) < 4.78 is 10.5. The molecule has 0 aromatic heterocycles. The molecule has 1 aliphatic rings. The average molecular weight is 175 g/mol. The summed E-state index contributed by atoms with van der Waals surface area (Å²) in [6.45, 7) is 1.93. The lowest BCUT2D eigenvalue weighted by Gasteiger charge is -2.02. The highest BCUT2D eigenvalue weighted by Crippen LogP contribution is 2.27. The lowest BCUT2D eigenvalue weighted by Crippen LogP contribution is -2.02. The van der Waals surface area contributed by atoms with Gasteiger partial charge in [-0.05, 0) is 19.1 Å². The molecule has 0 aliphatic carbocycles. The lowest BCUT2D eigenvalue weighted by molar-refractivity contribution is 0.178. The molecular weight excluding hydrogens is 166 g/mol. The van der Waals surface area contributed by atoms with Gasteiger partial charge in [-0.15, -0.1) is 0 Å². The van der Waals surface area contributed by atoms with E-state index in [4.69, 9.17) is 14.7 Å². The van der Waals surface area contributed by atoms with Gasteiger partial charge >= 0.3 is 0 Å². The molecule has 1 fully saturated rings. The summed E-state index contributed by atoms with van der Waals surface area (Å²) in [4.78, 5) is 0. The summed E-state index contributed by atoms with van der Waals surface area (Å²) in [5, 5.41) is 8.75. The lowest BCUT2D eigenvalue weighted by atomic mass is 10.2. The number of para-hydroxylation sites is 1. The molecule has 1 saturated heterocycles. The van der Waals surface area contributed by atoms with Crippen LogP contribution in [0.4, 0.5) is 0 Å². The number of benzene rings is 1. The molecule has 3 heteroatoms. The van der Waals surface area contributed by atoms with Gasteiger partial charge in [-0.3, -0.25) is 0 Å². The highest BCUT2D eigenvalue weighted by molar-refractivity contribution is 5.42. The molecular formula is C10H9NO2. The Balaban J connectivity index is 2.15. The van der Waals surface area contributed by atoms with Crippen LogP contribution >= 0.6 is 0 Å². The maximum absolute atomic E-state index is 8.75. The van der Waals surface area contributed by atoms with Crippen LogP contribution in [0.1, 0.15) is 12.5 Å². The van der Waals surface area contributed by atoms with Crippen molar-refractivity contribution in [1.82, 2.24) is 0 Å². The first-order chi connectivity index (χ1) is 6.31. The third-order valence-electron chi connectivity index (χ3n) is 1.91. The average Bonchev–Trinajstić information content (AvgIpc) is 2.83. The summed E-state index contributed by atoms with van der Waals surface area (Å²) >= 11 is 0. The summed E-state index contributed by atoms with van der Waals surface area (Å²) in [5.41, 5.74) is 0.546. The van der Waals surface area contributed by atoms with Crippen LogP contribution in [0.2, 0.25) is 0 Å². The van der Waals surface area contributed by atoms with Gasteiger partial charge in [0.2, 0.25) is 6.29 Å². The van der Waals surface area contributed by atoms with E-state index in [0.717, 1.165) is 0 Å². The number of nitriles is 1. The van der Waals surface area contributed by atoms with Gasteiger partial charge in [0, 0.05) is 0 Å². The SMILES string of the molecule is C[C@@H]1OC1Oc1ccccc1C#N. The maximum atomic E-state index is 8.75. The van der Waals surface area contributed by atoms with E-state index < -0.39 is 0 Å². The Morgan fingerprint density at radius 1 is 1.46 bits per heavy atom. The fraction of sp³-hybridized carbons (Fsp3) is 0.300. The third kappa shape index (κ3) is 1.63. The van der Waals surface area contributed by atoms with Crippen LogP contribution in [-0.2, 0) is 4.74 Å². The Morgan fingerprint density at radius 2 is 2.15 bits per heavy atom. The monoisotopic (exact) mass is 175 g/mol. The quantitative estimate of drug-likeness (QED) is 0.642. The molecule has 2 atom stereocenters. The van der Waals surface area contributed by atoms with Gasteiger partial charge in [0.15, 0.2) is 0 Å². The van der Waals surface area contributed by atoms with Gasteiger partial charge in [0.05, 0.1) is 5.56 Å². The van der Waals surface area contributed by atoms with Crippen LogP contribution in [0.5, 0.6) is 5.75 Å². The standard InChI is InChI=1S/C10H9NO2/c1-7-10(12-7)13-9-5-3-2-4-8(9)6-11/h2-5,7,10H,1H3/t7-,10?/m0/s1. The minimum absolute atomic E-state index is 0.145. The van der Waals surface area contributed by atoms with E-state index in [1.807, 2.05) is 19.1 Å². The Hall–Kier alpha value is -1.53. The zero-order valence-corrected chi connectivity index (χ0v) is 7.23. The van der Waals surface area contributed by atoms with E-state index in [-0.39, 0.29) is 12.4 Å². The third-order valence-corrected chi connectivity index (χ3v) is 1.91. The Kier molecular flexibility index (Phi) is 1.91. The van der Waals surface area contributed by atoms with Crippen molar-refractivity contribution in [3.8, 4) is 11.8 Å². The highest BCUT2D eigenvalue weighted by Gasteiger charge is 2.37. The van der Waals surface area contributed by atoms with Crippen LogP contribution < -0.4 is 4.74 Å². The predicted molar refractivity (Wildman–Crippen MR) is 46.1 cm³/mol. The van der Waals surface area contributed by atoms with Crippen molar-refractivity contribution in [2.75, 3.05) is 0 Å². The molecule has 3 nitrogen and oxygen atoms in total. The molecule has 2 rings (SSSR count). The van der Waals surface area contributed by atoms with Crippen molar-refractivity contribution in [2.24, 2.45) is 0 Å². The molecule has 1 aromatic rings. The fourth-order valence-electron chi connectivity index (χ4n) is 1.08. The zero-order valence-electron chi connectivity index (χ0n) is 7.23. The Labute approximate surface area is 76.5 Å². The van der Waals surface area contributed by atoms with E-state index >= 15 is 0 Å². The van der Waals surface area contributed by atoms with E-state index in [1.165, 1.54) is 0 Å². The first kappa shape index (κ1) is 8.09. The van der Waals surface area contributed by atoms with Crippen molar-refractivity contribution in [3.63, 3.8) is 0 Å². The number of epoxide rings is 1. The van der Waals surface area contributed by atoms with Gasteiger partial charge in [-0.1, -0.05) is 12.1 Å². The summed E-state index contributed by atoms with van der Waals surface area (Å²) in [5.74, 6) is 0.597. The molecule has 1 heterocycles. The highest BCUT2D eigenvalue weighted by atomic mass is 16.8. The maximum Gasteiger partial charge on any atom is 0.226 e. The van der Waals surface area contributed by atoms with E-state index in [9.17, 15) is 0 Å². The Bertz CT molecular complexity index is 356. The molecule has 0 N–H and O–H groups in total. The normalized spacial score (nSPS) is 24.9. The fourth-order valence-corrected chi connectivity index (χ4v) is 1.08. The summed E-state index contributed by atoms with van der Waals surface area (Å²) in [7, 11) is 0. The molecule has 0 radical (unpaired) electrons. The summed E-state index contributed by atoms with van der Waals surface area (Å²) in [6, 6.07) is 9.20. The second kappa shape index (κ2) is 3.08. The van der Waals surface area contributed by atoms with Gasteiger partial charge in [0.1, 0.15) is 17.9 Å². The molecule has 1 unspecified atom stereocenters. The van der Waals surface area contributed by atoms with Crippen LogP contribution in [0.3, 0.4) is 0 Å². The smallest absolute Gasteiger partial charge is 0.226 e. The number of hydrogen-bond donors (Lipinski definition) is 0. The van der Waals surface area contributed by atoms with Crippen molar-refractivity contribution >= 4 is 0 Å². The largest absolute Gasteiger partial charge is 0.461 e. The van der Waals surface area contributed by atoms with Crippen LogP contribution in [0.15, 0.2) is 24.3 Å². The zero-order chi connectivity index (χ0) is 9.26. The molecule has 1 aliphatic heterocycles. The second-order valence-corrected chi connectivity index (χ2v) is 2.94. The van der Waals surface area contributed by atoms with E-state index in [1.54, 1.807) is 12.1 Å². The van der Waals surface area contributed by atoms with Crippen molar-refractivity contribution in [2.45, 2.75) is 19.3 Å². The van der Waals surface area contributed by atoms with Crippen molar-refractivity contribution < 1.29 is 9.47 Å². The molecule has 13 heavy (non-hydrogen) atoms.